The van der Waals surface area contributed by atoms with Crippen molar-refractivity contribution in [2.75, 3.05) is 17.2 Å². The zero-order valence-corrected chi connectivity index (χ0v) is 16.0. The molecule has 150 valence electrons. The Morgan fingerprint density at radius 2 is 1.54 bits per heavy atom. The van der Waals surface area contributed by atoms with Gasteiger partial charge in [0.25, 0.3) is 0 Å². The third kappa shape index (κ3) is 3.98. The molecule has 5 N–H and O–H groups in total. The number of urea groups is 1. The summed E-state index contributed by atoms with van der Waals surface area (Å²) in [6.45, 7) is 0.339. The SMILES string of the molecule is NC(=O)Nc1cccc(NC(=O)CCNC(=O)C23CC4CC(CC(C4)C2)C3)c1. The molecule has 4 fully saturated rings. The molecule has 28 heavy (non-hydrogen) atoms. The van der Waals surface area contributed by atoms with E-state index in [2.05, 4.69) is 16.0 Å². The van der Waals surface area contributed by atoms with Crippen molar-refractivity contribution in [3.63, 3.8) is 0 Å². The molecule has 0 aliphatic heterocycles. The summed E-state index contributed by atoms with van der Waals surface area (Å²) in [7, 11) is 0. The molecule has 0 spiro atoms. The summed E-state index contributed by atoms with van der Waals surface area (Å²) in [4.78, 5) is 36.0. The average molecular weight is 384 g/mol. The maximum atomic E-state index is 12.9. The highest BCUT2D eigenvalue weighted by Crippen LogP contribution is 2.60. The maximum Gasteiger partial charge on any atom is 0.316 e. The van der Waals surface area contributed by atoms with E-state index in [1.165, 1.54) is 19.3 Å². The monoisotopic (exact) mass is 384 g/mol. The minimum absolute atomic E-state index is 0.145. The number of hydrogen-bond donors (Lipinski definition) is 4. The summed E-state index contributed by atoms with van der Waals surface area (Å²) in [5, 5.41) is 8.27. The fourth-order valence-electron chi connectivity index (χ4n) is 5.91. The Hall–Kier alpha value is -2.57. The predicted molar refractivity (Wildman–Crippen MR) is 107 cm³/mol. The molecule has 0 radical (unpaired) electrons. The molecule has 5 rings (SSSR count). The van der Waals surface area contributed by atoms with Crippen LogP contribution < -0.4 is 21.7 Å². The van der Waals surface area contributed by atoms with Crippen LogP contribution in [0.5, 0.6) is 0 Å². The molecule has 0 aromatic heterocycles. The lowest BCUT2D eigenvalue weighted by atomic mass is 9.49. The van der Waals surface area contributed by atoms with Crippen LogP contribution in [0, 0.1) is 23.2 Å². The molecule has 4 saturated carbocycles. The van der Waals surface area contributed by atoms with Gasteiger partial charge in [-0.05, 0) is 74.5 Å². The Labute approximate surface area is 164 Å². The molecule has 0 atom stereocenters. The molecule has 1 aromatic rings. The Kier molecular flexibility index (Phi) is 5.00. The fraction of sp³-hybridized carbons (Fsp3) is 0.571. The van der Waals surface area contributed by atoms with Gasteiger partial charge in [0.1, 0.15) is 0 Å². The van der Waals surface area contributed by atoms with Gasteiger partial charge in [-0.3, -0.25) is 9.59 Å². The normalized spacial score (nSPS) is 29.9. The number of carbonyl (C=O) groups is 3. The number of rotatable bonds is 6. The van der Waals surface area contributed by atoms with E-state index in [9.17, 15) is 14.4 Å². The van der Waals surface area contributed by atoms with Gasteiger partial charge in [0, 0.05) is 29.8 Å². The van der Waals surface area contributed by atoms with Gasteiger partial charge in [0.15, 0.2) is 0 Å². The molecule has 4 amide bonds. The predicted octanol–water partition coefficient (Wildman–Crippen LogP) is 2.84. The summed E-state index contributed by atoms with van der Waals surface area (Å²) in [6.07, 6.45) is 7.20. The van der Waals surface area contributed by atoms with Crippen molar-refractivity contribution >= 4 is 29.2 Å². The van der Waals surface area contributed by atoms with Gasteiger partial charge in [0.05, 0.1) is 0 Å². The van der Waals surface area contributed by atoms with Crippen molar-refractivity contribution in [2.45, 2.75) is 44.9 Å². The van der Waals surface area contributed by atoms with E-state index in [1.54, 1.807) is 24.3 Å². The summed E-state index contributed by atoms with van der Waals surface area (Å²) >= 11 is 0. The van der Waals surface area contributed by atoms with Crippen LogP contribution in [0.15, 0.2) is 24.3 Å². The quantitative estimate of drug-likeness (QED) is 0.605. The minimum Gasteiger partial charge on any atom is -0.355 e. The second-order valence-corrected chi connectivity index (χ2v) is 8.82. The van der Waals surface area contributed by atoms with Crippen LogP contribution in [0.4, 0.5) is 16.2 Å². The molecule has 0 saturated heterocycles. The zero-order valence-electron chi connectivity index (χ0n) is 16.0. The van der Waals surface area contributed by atoms with Gasteiger partial charge < -0.3 is 21.7 Å². The molecular formula is C21H28N4O3. The van der Waals surface area contributed by atoms with Crippen LogP contribution in [-0.2, 0) is 9.59 Å². The Balaban J connectivity index is 1.26. The second-order valence-electron chi connectivity index (χ2n) is 8.82. The number of anilines is 2. The van der Waals surface area contributed by atoms with Gasteiger partial charge in [-0.25, -0.2) is 4.79 Å². The maximum absolute atomic E-state index is 12.9. The first-order valence-corrected chi connectivity index (χ1v) is 10.2. The van der Waals surface area contributed by atoms with Crippen LogP contribution in [0.2, 0.25) is 0 Å². The van der Waals surface area contributed by atoms with Crippen molar-refractivity contribution < 1.29 is 14.4 Å². The number of nitrogens with one attached hydrogen (secondary N) is 3. The first kappa shape index (κ1) is 18.8. The average Bonchev–Trinajstić information content (AvgIpc) is 2.60. The number of nitrogens with two attached hydrogens (primary N) is 1. The smallest absolute Gasteiger partial charge is 0.316 e. The van der Waals surface area contributed by atoms with E-state index in [1.807, 2.05) is 0 Å². The summed E-state index contributed by atoms with van der Waals surface area (Å²) in [6, 6.07) is 6.12. The number of primary amides is 1. The lowest BCUT2D eigenvalue weighted by Crippen LogP contribution is -2.53. The summed E-state index contributed by atoms with van der Waals surface area (Å²) < 4.78 is 0. The van der Waals surface area contributed by atoms with Crippen LogP contribution in [0.25, 0.3) is 0 Å². The second kappa shape index (κ2) is 7.45. The third-order valence-corrected chi connectivity index (χ3v) is 6.57. The molecule has 1 aromatic carbocycles. The van der Waals surface area contributed by atoms with E-state index >= 15 is 0 Å². The van der Waals surface area contributed by atoms with Gasteiger partial charge in [0.2, 0.25) is 11.8 Å². The summed E-state index contributed by atoms with van der Waals surface area (Å²) in [5.41, 5.74) is 6.01. The number of amides is 4. The van der Waals surface area contributed by atoms with Crippen molar-refractivity contribution in [3.8, 4) is 0 Å². The Morgan fingerprint density at radius 3 is 2.11 bits per heavy atom. The zero-order chi connectivity index (χ0) is 19.7. The molecule has 0 heterocycles. The van der Waals surface area contributed by atoms with Crippen molar-refractivity contribution in [3.05, 3.63) is 24.3 Å². The highest BCUT2D eigenvalue weighted by atomic mass is 16.2. The van der Waals surface area contributed by atoms with Crippen LogP contribution in [0.3, 0.4) is 0 Å². The van der Waals surface area contributed by atoms with Crippen LogP contribution >= 0.6 is 0 Å². The van der Waals surface area contributed by atoms with E-state index < -0.39 is 6.03 Å². The van der Waals surface area contributed by atoms with Crippen LogP contribution in [0.1, 0.15) is 44.9 Å². The number of carbonyl (C=O) groups excluding carboxylic acids is 3. The molecular weight excluding hydrogens is 356 g/mol. The largest absolute Gasteiger partial charge is 0.355 e. The molecule has 0 unspecified atom stereocenters. The molecule has 7 heteroatoms. The van der Waals surface area contributed by atoms with E-state index in [0.29, 0.717) is 17.9 Å². The van der Waals surface area contributed by atoms with Crippen LogP contribution in [-0.4, -0.2) is 24.4 Å². The highest BCUT2D eigenvalue weighted by molar-refractivity contribution is 5.93. The first-order chi connectivity index (χ1) is 13.4. The molecule has 4 aliphatic carbocycles. The third-order valence-electron chi connectivity index (χ3n) is 6.57. The highest BCUT2D eigenvalue weighted by Gasteiger charge is 2.54. The molecule has 4 bridgehead atoms. The van der Waals surface area contributed by atoms with Gasteiger partial charge in [-0.15, -0.1) is 0 Å². The molecule has 7 nitrogen and oxygen atoms in total. The van der Waals surface area contributed by atoms with Crippen molar-refractivity contribution in [2.24, 2.45) is 28.9 Å². The Bertz CT molecular complexity index is 756. The number of benzene rings is 1. The minimum atomic E-state index is -0.657. The fourth-order valence-corrected chi connectivity index (χ4v) is 5.91. The topological polar surface area (TPSA) is 113 Å². The lowest BCUT2D eigenvalue weighted by molar-refractivity contribution is -0.146. The van der Waals surface area contributed by atoms with Crippen molar-refractivity contribution in [1.82, 2.24) is 5.32 Å². The first-order valence-electron chi connectivity index (χ1n) is 10.2. The van der Waals surface area contributed by atoms with E-state index in [-0.39, 0.29) is 23.7 Å². The molecule has 4 aliphatic rings. The lowest BCUT2D eigenvalue weighted by Gasteiger charge is -2.55. The standard InChI is InChI=1S/C21H28N4O3/c22-20(28)25-17-3-1-2-16(9-17)24-18(26)4-5-23-19(27)21-10-13-6-14(11-21)8-15(7-13)12-21/h1-3,9,13-15H,4-8,10-12H2,(H,23,27)(H,24,26)(H3,22,25,28). The Morgan fingerprint density at radius 1 is 0.964 bits per heavy atom. The summed E-state index contributed by atoms with van der Waals surface area (Å²) in [5.74, 6) is 2.14. The van der Waals surface area contributed by atoms with E-state index in [4.69, 9.17) is 5.73 Å². The van der Waals surface area contributed by atoms with Crippen molar-refractivity contribution in [1.29, 1.82) is 0 Å². The van der Waals surface area contributed by atoms with Gasteiger partial charge in [-0.1, -0.05) is 6.07 Å². The van der Waals surface area contributed by atoms with Gasteiger partial charge >= 0.3 is 6.03 Å². The van der Waals surface area contributed by atoms with E-state index in [0.717, 1.165) is 37.0 Å². The van der Waals surface area contributed by atoms with Gasteiger partial charge in [-0.2, -0.15) is 0 Å². The number of hydrogen-bond acceptors (Lipinski definition) is 3.